The Morgan fingerprint density at radius 1 is 1.47 bits per heavy atom. The molecule has 0 spiro atoms. The third-order valence-electron chi connectivity index (χ3n) is 2.99. The van der Waals surface area contributed by atoms with Crippen LogP contribution in [-0.2, 0) is 6.54 Å². The second-order valence-electron chi connectivity index (χ2n) is 4.77. The first-order chi connectivity index (χ1) is 9.20. The van der Waals surface area contributed by atoms with Crippen molar-refractivity contribution in [2.24, 2.45) is 0 Å². The number of aryl methyl sites for hydroxylation is 1. The fourth-order valence-electron chi connectivity index (χ4n) is 1.76. The number of halogens is 1. The van der Waals surface area contributed by atoms with E-state index in [4.69, 9.17) is 11.6 Å². The van der Waals surface area contributed by atoms with Crippen LogP contribution in [0.1, 0.15) is 24.1 Å². The molecule has 0 amide bonds. The van der Waals surface area contributed by atoms with Crippen molar-refractivity contribution < 1.29 is 0 Å². The van der Waals surface area contributed by atoms with Gasteiger partial charge in [0.15, 0.2) is 4.34 Å². The molecule has 2 aromatic rings. The van der Waals surface area contributed by atoms with Crippen molar-refractivity contribution in [2.45, 2.75) is 41.6 Å². The average Bonchev–Trinajstić information content (AvgIpc) is 3.12. The van der Waals surface area contributed by atoms with Crippen LogP contribution in [0.25, 0.3) is 0 Å². The molecule has 1 N–H and O–H groups in total. The Morgan fingerprint density at radius 3 is 2.95 bits per heavy atom. The third kappa shape index (κ3) is 3.72. The van der Waals surface area contributed by atoms with E-state index in [2.05, 4.69) is 27.8 Å². The first kappa shape index (κ1) is 13.4. The van der Waals surface area contributed by atoms with E-state index >= 15 is 0 Å². The van der Waals surface area contributed by atoms with E-state index in [1.165, 1.54) is 18.4 Å². The van der Waals surface area contributed by atoms with Gasteiger partial charge in [0.25, 0.3) is 0 Å². The molecule has 1 heterocycles. The molecule has 0 saturated heterocycles. The van der Waals surface area contributed by atoms with Crippen molar-refractivity contribution in [1.82, 2.24) is 10.3 Å². The van der Waals surface area contributed by atoms with E-state index in [1.807, 2.05) is 13.0 Å². The van der Waals surface area contributed by atoms with Gasteiger partial charge in [0, 0.05) is 33.6 Å². The van der Waals surface area contributed by atoms with Gasteiger partial charge in [-0.15, -0.1) is 11.3 Å². The number of aromatic nitrogens is 1. The third-order valence-corrected chi connectivity index (χ3v) is 5.38. The molecular formula is C14H15ClN2S2. The van der Waals surface area contributed by atoms with Gasteiger partial charge in [-0.2, -0.15) is 0 Å². The Bertz CT molecular complexity index is 579. The van der Waals surface area contributed by atoms with Crippen molar-refractivity contribution in [1.29, 1.82) is 0 Å². The van der Waals surface area contributed by atoms with Crippen LogP contribution in [0.5, 0.6) is 0 Å². The molecule has 0 radical (unpaired) electrons. The molecule has 100 valence electrons. The standard InChI is InChI=1S/C14H15ClN2S2/c1-9-8-18-14(17-9)19-12-5-2-10(13(15)6-12)7-16-11-3-4-11/h2,5-6,8,11,16H,3-4,7H2,1H3. The summed E-state index contributed by atoms with van der Waals surface area (Å²) in [6.07, 6.45) is 2.60. The summed E-state index contributed by atoms with van der Waals surface area (Å²) in [6, 6.07) is 6.98. The Balaban J connectivity index is 1.67. The van der Waals surface area contributed by atoms with Gasteiger partial charge >= 0.3 is 0 Å². The summed E-state index contributed by atoms with van der Waals surface area (Å²) < 4.78 is 1.07. The topological polar surface area (TPSA) is 24.9 Å². The van der Waals surface area contributed by atoms with Gasteiger partial charge < -0.3 is 5.32 Å². The highest BCUT2D eigenvalue weighted by atomic mass is 35.5. The van der Waals surface area contributed by atoms with Gasteiger partial charge in [-0.1, -0.05) is 29.4 Å². The largest absolute Gasteiger partial charge is 0.310 e. The Labute approximate surface area is 126 Å². The van der Waals surface area contributed by atoms with Gasteiger partial charge in [-0.05, 0) is 37.5 Å². The molecule has 1 aliphatic carbocycles. The zero-order valence-electron chi connectivity index (χ0n) is 10.6. The van der Waals surface area contributed by atoms with Crippen molar-refractivity contribution in [3.05, 3.63) is 39.9 Å². The zero-order chi connectivity index (χ0) is 13.2. The molecule has 5 heteroatoms. The molecule has 3 rings (SSSR count). The number of nitrogens with one attached hydrogen (secondary N) is 1. The van der Waals surface area contributed by atoms with Crippen molar-refractivity contribution in [3.63, 3.8) is 0 Å². The molecule has 0 unspecified atom stereocenters. The normalized spacial score (nSPS) is 14.8. The SMILES string of the molecule is Cc1csc(Sc2ccc(CNC3CC3)c(Cl)c2)n1. The van der Waals surface area contributed by atoms with E-state index in [0.29, 0.717) is 6.04 Å². The summed E-state index contributed by atoms with van der Waals surface area (Å²) >= 11 is 9.68. The van der Waals surface area contributed by atoms with Crippen molar-refractivity contribution in [2.75, 3.05) is 0 Å². The molecular weight excluding hydrogens is 296 g/mol. The number of rotatable bonds is 5. The van der Waals surface area contributed by atoms with Crippen LogP contribution in [-0.4, -0.2) is 11.0 Å². The molecule has 19 heavy (non-hydrogen) atoms. The van der Waals surface area contributed by atoms with Crippen LogP contribution < -0.4 is 5.32 Å². The van der Waals surface area contributed by atoms with Gasteiger partial charge in [0.1, 0.15) is 0 Å². The van der Waals surface area contributed by atoms with E-state index < -0.39 is 0 Å². The molecule has 1 aromatic carbocycles. The van der Waals surface area contributed by atoms with Gasteiger partial charge in [0.2, 0.25) is 0 Å². The van der Waals surface area contributed by atoms with Crippen LogP contribution in [0, 0.1) is 6.92 Å². The molecule has 0 bridgehead atoms. The van der Waals surface area contributed by atoms with Crippen LogP contribution >= 0.6 is 34.7 Å². The minimum atomic E-state index is 0.711. The second kappa shape index (κ2) is 5.83. The van der Waals surface area contributed by atoms with E-state index in [9.17, 15) is 0 Å². The molecule has 1 saturated carbocycles. The number of hydrogen-bond acceptors (Lipinski definition) is 4. The van der Waals surface area contributed by atoms with E-state index in [-0.39, 0.29) is 0 Å². The minimum absolute atomic E-state index is 0.711. The molecule has 1 aromatic heterocycles. The Hall–Kier alpha value is -0.550. The van der Waals surface area contributed by atoms with Crippen molar-refractivity contribution in [3.8, 4) is 0 Å². The maximum Gasteiger partial charge on any atom is 0.154 e. The number of hydrogen-bond donors (Lipinski definition) is 1. The molecule has 2 nitrogen and oxygen atoms in total. The van der Waals surface area contributed by atoms with Gasteiger partial charge in [-0.25, -0.2) is 4.98 Å². The van der Waals surface area contributed by atoms with Crippen molar-refractivity contribution >= 4 is 34.7 Å². The lowest BCUT2D eigenvalue weighted by Crippen LogP contribution is -2.15. The fourth-order valence-corrected chi connectivity index (χ4v) is 3.92. The predicted octanol–water partition coefficient (Wildman–Crippen LogP) is 4.51. The molecule has 0 aliphatic heterocycles. The van der Waals surface area contributed by atoms with Crippen LogP contribution in [0.3, 0.4) is 0 Å². The number of benzene rings is 1. The lowest BCUT2D eigenvalue weighted by Gasteiger charge is -2.07. The highest BCUT2D eigenvalue weighted by Gasteiger charge is 2.20. The Morgan fingerprint density at radius 2 is 2.32 bits per heavy atom. The highest BCUT2D eigenvalue weighted by Crippen LogP contribution is 2.33. The average molecular weight is 311 g/mol. The quantitative estimate of drug-likeness (QED) is 0.879. The molecule has 1 aliphatic rings. The lowest BCUT2D eigenvalue weighted by molar-refractivity contribution is 0.687. The van der Waals surface area contributed by atoms with Crippen LogP contribution in [0.2, 0.25) is 5.02 Å². The lowest BCUT2D eigenvalue weighted by atomic mass is 10.2. The van der Waals surface area contributed by atoms with Crippen LogP contribution in [0.4, 0.5) is 0 Å². The summed E-state index contributed by atoms with van der Waals surface area (Å²) in [5, 5.41) is 6.39. The fraction of sp³-hybridized carbons (Fsp3) is 0.357. The maximum absolute atomic E-state index is 6.33. The van der Waals surface area contributed by atoms with Gasteiger partial charge in [0.05, 0.1) is 0 Å². The molecule has 1 fully saturated rings. The zero-order valence-corrected chi connectivity index (χ0v) is 13.0. The maximum atomic E-state index is 6.33. The predicted molar refractivity (Wildman–Crippen MR) is 82.3 cm³/mol. The Kier molecular flexibility index (Phi) is 4.12. The first-order valence-corrected chi connectivity index (χ1v) is 8.40. The summed E-state index contributed by atoms with van der Waals surface area (Å²) in [5.41, 5.74) is 2.25. The second-order valence-corrected chi connectivity index (χ2v) is 7.35. The summed E-state index contributed by atoms with van der Waals surface area (Å²) in [7, 11) is 0. The van der Waals surface area contributed by atoms with Crippen LogP contribution in [0.15, 0.2) is 32.8 Å². The summed E-state index contributed by atoms with van der Waals surface area (Å²) in [6.45, 7) is 2.88. The smallest absolute Gasteiger partial charge is 0.154 e. The summed E-state index contributed by atoms with van der Waals surface area (Å²) in [4.78, 5) is 5.60. The van der Waals surface area contributed by atoms with E-state index in [0.717, 1.165) is 26.5 Å². The highest BCUT2D eigenvalue weighted by molar-refractivity contribution is 8.01. The first-order valence-electron chi connectivity index (χ1n) is 6.32. The molecule has 0 atom stereocenters. The summed E-state index contributed by atoms with van der Waals surface area (Å²) in [5.74, 6) is 0. The number of nitrogens with zero attached hydrogens (tertiary/aromatic N) is 1. The monoisotopic (exact) mass is 310 g/mol. The number of thiazole rings is 1. The minimum Gasteiger partial charge on any atom is -0.310 e. The van der Waals surface area contributed by atoms with Gasteiger partial charge in [-0.3, -0.25) is 0 Å². The van der Waals surface area contributed by atoms with E-state index in [1.54, 1.807) is 23.1 Å².